The third kappa shape index (κ3) is 6.20. The highest BCUT2D eigenvalue weighted by molar-refractivity contribution is 7.80. The molecular formula is C14H21N3OS. The molecule has 5 heteroatoms. The van der Waals surface area contributed by atoms with Crippen LogP contribution < -0.4 is 16.2 Å². The minimum absolute atomic E-state index is 0.0698. The van der Waals surface area contributed by atoms with Gasteiger partial charge in [-0.05, 0) is 55.2 Å². The van der Waals surface area contributed by atoms with Crippen molar-refractivity contribution in [3.05, 3.63) is 29.3 Å². The van der Waals surface area contributed by atoms with E-state index >= 15 is 0 Å². The molecule has 0 heterocycles. The Morgan fingerprint density at radius 1 is 1.16 bits per heavy atom. The predicted molar refractivity (Wildman–Crippen MR) is 82.9 cm³/mol. The largest absolute Gasteiger partial charge is 0.331 e. The van der Waals surface area contributed by atoms with Crippen LogP contribution in [0.4, 0.5) is 5.69 Å². The third-order valence-electron chi connectivity index (χ3n) is 2.39. The summed E-state index contributed by atoms with van der Waals surface area (Å²) in [6.07, 6.45) is 0.471. The van der Waals surface area contributed by atoms with Gasteiger partial charge in [0.2, 0.25) is 5.91 Å². The number of carbonyl (C=O) groups excluding carboxylic acids is 1. The van der Waals surface area contributed by atoms with E-state index in [9.17, 15) is 4.79 Å². The van der Waals surface area contributed by atoms with Gasteiger partial charge in [0.1, 0.15) is 0 Å². The molecule has 0 saturated carbocycles. The molecule has 0 spiro atoms. The van der Waals surface area contributed by atoms with E-state index in [0.717, 1.165) is 16.8 Å². The molecule has 0 aliphatic heterocycles. The fraction of sp³-hybridized carbons (Fsp3) is 0.429. The minimum Gasteiger partial charge on any atom is -0.331 e. The van der Waals surface area contributed by atoms with E-state index in [1.54, 1.807) is 0 Å². The van der Waals surface area contributed by atoms with Crippen molar-refractivity contribution in [3.63, 3.8) is 0 Å². The summed E-state index contributed by atoms with van der Waals surface area (Å²) in [6.45, 7) is 8.04. The average molecular weight is 279 g/mol. The molecule has 3 N–H and O–H groups in total. The number of benzene rings is 1. The normalized spacial score (nSPS) is 10.2. The lowest BCUT2D eigenvalue weighted by Crippen LogP contribution is -2.44. The first-order valence-electron chi connectivity index (χ1n) is 6.31. The zero-order valence-corrected chi connectivity index (χ0v) is 12.6. The Kier molecular flexibility index (Phi) is 5.76. The molecule has 0 fully saturated rings. The molecule has 0 saturated heterocycles. The number of amides is 1. The molecule has 1 rings (SSSR count). The Bertz CT molecular complexity index is 452. The number of hydrogen-bond donors (Lipinski definition) is 3. The first-order valence-corrected chi connectivity index (χ1v) is 6.72. The maximum Gasteiger partial charge on any atom is 0.238 e. The quantitative estimate of drug-likeness (QED) is 0.588. The summed E-state index contributed by atoms with van der Waals surface area (Å²) in [5, 5.41) is 3.41. The Balaban J connectivity index is 2.45. The highest BCUT2D eigenvalue weighted by Crippen LogP contribution is 2.13. The molecule has 4 nitrogen and oxygen atoms in total. The smallest absolute Gasteiger partial charge is 0.238 e. The van der Waals surface area contributed by atoms with Crippen molar-refractivity contribution in [2.45, 2.75) is 34.1 Å². The van der Waals surface area contributed by atoms with Crippen molar-refractivity contribution >= 4 is 28.9 Å². The van der Waals surface area contributed by atoms with Gasteiger partial charge in [-0.25, -0.2) is 0 Å². The van der Waals surface area contributed by atoms with E-state index in [2.05, 4.69) is 22.2 Å². The van der Waals surface area contributed by atoms with Gasteiger partial charge in [0.05, 0.1) is 0 Å². The summed E-state index contributed by atoms with van der Waals surface area (Å²) in [7, 11) is 0. The number of anilines is 1. The van der Waals surface area contributed by atoms with E-state index in [-0.39, 0.29) is 5.91 Å². The van der Waals surface area contributed by atoms with Crippen LogP contribution in [0.2, 0.25) is 0 Å². The first-order chi connectivity index (χ1) is 8.86. The van der Waals surface area contributed by atoms with E-state index in [1.165, 1.54) is 0 Å². The molecule has 0 unspecified atom stereocenters. The van der Waals surface area contributed by atoms with E-state index in [0.29, 0.717) is 17.5 Å². The lowest BCUT2D eigenvalue weighted by atomic mass is 10.1. The zero-order chi connectivity index (χ0) is 14.4. The van der Waals surface area contributed by atoms with E-state index in [4.69, 9.17) is 12.2 Å². The summed E-state index contributed by atoms with van der Waals surface area (Å²) < 4.78 is 0. The second kappa shape index (κ2) is 7.09. The fourth-order valence-corrected chi connectivity index (χ4v) is 1.93. The number of thiocarbonyl (C=S) groups is 1. The van der Waals surface area contributed by atoms with Gasteiger partial charge >= 0.3 is 0 Å². The summed E-state index contributed by atoms with van der Waals surface area (Å²) >= 11 is 5.12. The number of carbonyl (C=O) groups is 1. The van der Waals surface area contributed by atoms with Crippen molar-refractivity contribution in [1.29, 1.82) is 0 Å². The molecule has 19 heavy (non-hydrogen) atoms. The lowest BCUT2D eigenvalue weighted by Gasteiger charge is -2.13. The number of aryl methyl sites for hydroxylation is 2. The molecule has 0 bridgehead atoms. The summed E-state index contributed by atoms with van der Waals surface area (Å²) in [5.74, 6) is 0.252. The van der Waals surface area contributed by atoms with Gasteiger partial charge in [0.15, 0.2) is 5.11 Å². The van der Waals surface area contributed by atoms with Crippen molar-refractivity contribution in [3.8, 4) is 0 Å². The van der Waals surface area contributed by atoms with Crippen LogP contribution in [-0.4, -0.2) is 11.0 Å². The van der Waals surface area contributed by atoms with Gasteiger partial charge in [-0.3, -0.25) is 15.6 Å². The Labute approximate surface area is 119 Å². The van der Waals surface area contributed by atoms with Crippen molar-refractivity contribution in [1.82, 2.24) is 10.9 Å². The molecule has 0 aliphatic rings. The van der Waals surface area contributed by atoms with Crippen LogP contribution in [0.3, 0.4) is 0 Å². The number of rotatable bonds is 3. The highest BCUT2D eigenvalue weighted by atomic mass is 32.1. The maximum absolute atomic E-state index is 11.5. The summed E-state index contributed by atoms with van der Waals surface area (Å²) in [6, 6.07) is 6.08. The standard InChI is InChI=1S/C14H21N3OS/c1-9(2)5-13(18)16-17-14(19)15-12-7-10(3)6-11(4)8-12/h6-9H,5H2,1-4H3,(H,16,18)(H2,15,17,19). The molecule has 1 aromatic carbocycles. The second-order valence-electron chi connectivity index (χ2n) is 5.10. The fourth-order valence-electron chi connectivity index (χ4n) is 1.76. The van der Waals surface area contributed by atoms with Crippen LogP contribution in [-0.2, 0) is 4.79 Å². The molecule has 0 radical (unpaired) electrons. The molecule has 0 aliphatic carbocycles. The minimum atomic E-state index is -0.0698. The van der Waals surface area contributed by atoms with Gasteiger partial charge in [0, 0.05) is 12.1 Å². The van der Waals surface area contributed by atoms with Gasteiger partial charge in [0.25, 0.3) is 0 Å². The molecule has 0 aromatic heterocycles. The first kappa shape index (κ1) is 15.4. The van der Waals surface area contributed by atoms with Crippen molar-refractivity contribution in [2.24, 2.45) is 5.92 Å². The van der Waals surface area contributed by atoms with Crippen LogP contribution in [0.1, 0.15) is 31.4 Å². The second-order valence-corrected chi connectivity index (χ2v) is 5.51. The van der Waals surface area contributed by atoms with Gasteiger partial charge in [-0.15, -0.1) is 0 Å². The SMILES string of the molecule is Cc1cc(C)cc(NC(=S)NNC(=O)CC(C)C)c1. The number of hydrogen-bond acceptors (Lipinski definition) is 2. The zero-order valence-electron chi connectivity index (χ0n) is 11.8. The topological polar surface area (TPSA) is 53.2 Å². The lowest BCUT2D eigenvalue weighted by molar-refractivity contribution is -0.122. The van der Waals surface area contributed by atoms with Gasteiger partial charge in [-0.1, -0.05) is 19.9 Å². The number of nitrogens with one attached hydrogen (secondary N) is 3. The van der Waals surface area contributed by atoms with Crippen LogP contribution in [0.5, 0.6) is 0 Å². The van der Waals surface area contributed by atoms with E-state index < -0.39 is 0 Å². The maximum atomic E-state index is 11.5. The monoisotopic (exact) mass is 279 g/mol. The molecule has 0 atom stereocenters. The number of hydrazine groups is 1. The van der Waals surface area contributed by atoms with Crippen LogP contribution in [0.15, 0.2) is 18.2 Å². The predicted octanol–water partition coefficient (Wildman–Crippen LogP) is 2.67. The average Bonchev–Trinajstić information content (AvgIpc) is 2.23. The van der Waals surface area contributed by atoms with Crippen molar-refractivity contribution in [2.75, 3.05) is 5.32 Å². The van der Waals surface area contributed by atoms with Gasteiger partial charge in [-0.2, -0.15) is 0 Å². The Morgan fingerprint density at radius 3 is 2.26 bits per heavy atom. The Morgan fingerprint density at radius 2 is 1.74 bits per heavy atom. The van der Waals surface area contributed by atoms with Crippen LogP contribution in [0.25, 0.3) is 0 Å². The van der Waals surface area contributed by atoms with Crippen molar-refractivity contribution < 1.29 is 4.79 Å². The molecule has 104 valence electrons. The third-order valence-corrected chi connectivity index (χ3v) is 2.59. The highest BCUT2D eigenvalue weighted by Gasteiger charge is 2.05. The molecule has 1 amide bonds. The summed E-state index contributed by atoms with van der Waals surface area (Å²) in [4.78, 5) is 11.5. The molecule has 1 aromatic rings. The molecular weight excluding hydrogens is 258 g/mol. The van der Waals surface area contributed by atoms with Crippen LogP contribution >= 0.6 is 12.2 Å². The van der Waals surface area contributed by atoms with E-state index in [1.807, 2.05) is 39.8 Å². The van der Waals surface area contributed by atoms with Gasteiger partial charge < -0.3 is 5.32 Å². The van der Waals surface area contributed by atoms with Crippen LogP contribution in [0, 0.1) is 19.8 Å². The summed E-state index contributed by atoms with van der Waals surface area (Å²) in [5.41, 5.74) is 8.50. The Hall–Kier alpha value is -1.62.